The van der Waals surface area contributed by atoms with Crippen LogP contribution in [0.5, 0.6) is 0 Å². The molecule has 0 saturated carbocycles. The number of aromatic nitrogens is 1. The summed E-state index contributed by atoms with van der Waals surface area (Å²) in [6.45, 7) is 8.63. The van der Waals surface area contributed by atoms with Crippen molar-refractivity contribution in [3.05, 3.63) is 17.3 Å². The third kappa shape index (κ3) is 2.21. The molecule has 1 aliphatic heterocycles. The molecule has 4 nitrogen and oxygen atoms in total. The van der Waals surface area contributed by atoms with Gasteiger partial charge in [0.2, 0.25) is 5.89 Å². The lowest BCUT2D eigenvalue weighted by molar-refractivity contribution is 0.0101. The van der Waals surface area contributed by atoms with Gasteiger partial charge in [0, 0.05) is 19.0 Å². The molecule has 0 spiro atoms. The van der Waals surface area contributed by atoms with Gasteiger partial charge in [0.25, 0.3) is 0 Å². The summed E-state index contributed by atoms with van der Waals surface area (Å²) in [6, 6.07) is 0. The maximum Gasteiger partial charge on any atom is 0.225 e. The van der Waals surface area contributed by atoms with Crippen molar-refractivity contribution >= 4 is 0 Å². The molecular formula is C11H18N2O2. The Bertz CT molecular complexity index is 327. The molecule has 1 N–H and O–H groups in total. The van der Waals surface area contributed by atoms with E-state index in [1.807, 2.05) is 6.92 Å². The smallest absolute Gasteiger partial charge is 0.225 e. The topological polar surface area (TPSA) is 47.3 Å². The van der Waals surface area contributed by atoms with Crippen molar-refractivity contribution in [2.45, 2.75) is 32.8 Å². The molecule has 1 aromatic heterocycles. The van der Waals surface area contributed by atoms with E-state index in [0.717, 1.165) is 31.2 Å². The molecule has 0 aliphatic carbocycles. The molecule has 0 aromatic carbocycles. The molecular weight excluding hydrogens is 192 g/mol. The Balaban J connectivity index is 2.17. The highest BCUT2D eigenvalue weighted by atomic mass is 16.5. The third-order valence-electron chi connectivity index (χ3n) is 2.58. The molecule has 2 rings (SSSR count). The van der Waals surface area contributed by atoms with Gasteiger partial charge in [-0.15, -0.1) is 0 Å². The summed E-state index contributed by atoms with van der Waals surface area (Å²) >= 11 is 0. The van der Waals surface area contributed by atoms with Gasteiger partial charge in [0.05, 0.1) is 12.3 Å². The zero-order chi connectivity index (χ0) is 10.8. The van der Waals surface area contributed by atoms with Crippen LogP contribution in [0.15, 0.2) is 4.42 Å². The lowest BCUT2D eigenvalue weighted by atomic mass is 10.1. The number of aryl methyl sites for hydroxylation is 1. The summed E-state index contributed by atoms with van der Waals surface area (Å²) in [7, 11) is 0. The second-order valence-corrected chi connectivity index (χ2v) is 4.22. The van der Waals surface area contributed by atoms with Gasteiger partial charge >= 0.3 is 0 Å². The van der Waals surface area contributed by atoms with Gasteiger partial charge in [-0.3, -0.25) is 0 Å². The van der Waals surface area contributed by atoms with Crippen molar-refractivity contribution in [2.24, 2.45) is 0 Å². The second kappa shape index (κ2) is 4.33. The van der Waals surface area contributed by atoms with Crippen LogP contribution in [0.3, 0.4) is 0 Å². The van der Waals surface area contributed by atoms with E-state index in [-0.39, 0.29) is 6.10 Å². The average Bonchev–Trinajstić information content (AvgIpc) is 2.62. The second-order valence-electron chi connectivity index (χ2n) is 4.22. The Morgan fingerprint density at radius 2 is 2.27 bits per heavy atom. The summed E-state index contributed by atoms with van der Waals surface area (Å²) in [5, 5.41) is 3.27. The Labute approximate surface area is 90.0 Å². The first-order valence-corrected chi connectivity index (χ1v) is 5.48. The van der Waals surface area contributed by atoms with Crippen molar-refractivity contribution in [2.75, 3.05) is 19.7 Å². The van der Waals surface area contributed by atoms with Crippen LogP contribution in [0.2, 0.25) is 0 Å². The van der Waals surface area contributed by atoms with Crippen LogP contribution in [0.4, 0.5) is 0 Å². The molecule has 1 saturated heterocycles. The highest BCUT2D eigenvalue weighted by Gasteiger charge is 2.23. The minimum Gasteiger partial charge on any atom is -0.442 e. The van der Waals surface area contributed by atoms with Gasteiger partial charge in [-0.2, -0.15) is 0 Å². The first-order valence-electron chi connectivity index (χ1n) is 5.48. The summed E-state index contributed by atoms with van der Waals surface area (Å²) < 4.78 is 11.3. The van der Waals surface area contributed by atoms with Gasteiger partial charge in [-0.1, -0.05) is 13.8 Å². The van der Waals surface area contributed by atoms with Gasteiger partial charge < -0.3 is 14.5 Å². The highest BCUT2D eigenvalue weighted by Crippen LogP contribution is 2.25. The van der Waals surface area contributed by atoms with Gasteiger partial charge in [0.1, 0.15) is 11.9 Å². The SMILES string of the molecule is Cc1nc(C2CNCCO2)oc1C(C)C. The molecule has 15 heavy (non-hydrogen) atoms. The van der Waals surface area contributed by atoms with Gasteiger partial charge in [-0.05, 0) is 6.92 Å². The van der Waals surface area contributed by atoms with Crippen molar-refractivity contribution in [3.8, 4) is 0 Å². The minimum absolute atomic E-state index is 0.0232. The van der Waals surface area contributed by atoms with Crippen LogP contribution in [0.25, 0.3) is 0 Å². The van der Waals surface area contributed by atoms with E-state index in [0.29, 0.717) is 11.8 Å². The van der Waals surface area contributed by atoms with Crippen LogP contribution in [0.1, 0.15) is 43.2 Å². The molecule has 2 heterocycles. The van der Waals surface area contributed by atoms with Crippen molar-refractivity contribution in [1.82, 2.24) is 10.3 Å². The predicted molar refractivity (Wildman–Crippen MR) is 56.9 cm³/mol. The van der Waals surface area contributed by atoms with E-state index < -0.39 is 0 Å². The molecule has 1 unspecified atom stereocenters. The molecule has 0 amide bonds. The molecule has 4 heteroatoms. The highest BCUT2D eigenvalue weighted by molar-refractivity contribution is 5.12. The maximum absolute atomic E-state index is 5.74. The number of nitrogens with one attached hydrogen (secondary N) is 1. The number of rotatable bonds is 2. The number of nitrogens with zero attached hydrogens (tertiary/aromatic N) is 1. The fourth-order valence-electron chi connectivity index (χ4n) is 1.83. The van der Waals surface area contributed by atoms with Crippen LogP contribution >= 0.6 is 0 Å². The van der Waals surface area contributed by atoms with Gasteiger partial charge in [0.15, 0.2) is 0 Å². The number of morpholine rings is 1. The summed E-state index contributed by atoms with van der Waals surface area (Å²) in [4.78, 5) is 4.42. The quantitative estimate of drug-likeness (QED) is 0.808. The largest absolute Gasteiger partial charge is 0.442 e. The minimum atomic E-state index is -0.0232. The van der Waals surface area contributed by atoms with Crippen LogP contribution < -0.4 is 5.32 Å². The van der Waals surface area contributed by atoms with Crippen molar-refractivity contribution in [3.63, 3.8) is 0 Å². The molecule has 84 valence electrons. The monoisotopic (exact) mass is 210 g/mol. The van der Waals surface area contributed by atoms with E-state index in [4.69, 9.17) is 9.15 Å². The summed E-state index contributed by atoms with van der Waals surface area (Å²) in [6.07, 6.45) is -0.0232. The zero-order valence-corrected chi connectivity index (χ0v) is 9.54. The van der Waals surface area contributed by atoms with Gasteiger partial charge in [-0.25, -0.2) is 4.98 Å². The molecule has 1 aromatic rings. The summed E-state index contributed by atoms with van der Waals surface area (Å²) in [5.74, 6) is 2.06. The Morgan fingerprint density at radius 3 is 2.80 bits per heavy atom. The molecule has 1 fully saturated rings. The molecule has 1 atom stereocenters. The lowest BCUT2D eigenvalue weighted by Crippen LogP contribution is -2.33. The molecule has 0 bridgehead atoms. The first-order chi connectivity index (χ1) is 7.18. The summed E-state index contributed by atoms with van der Waals surface area (Å²) in [5.41, 5.74) is 0.981. The van der Waals surface area contributed by atoms with Crippen molar-refractivity contribution < 1.29 is 9.15 Å². The average molecular weight is 210 g/mol. The Kier molecular flexibility index (Phi) is 3.07. The van der Waals surface area contributed by atoms with Crippen molar-refractivity contribution in [1.29, 1.82) is 0 Å². The van der Waals surface area contributed by atoms with Crippen LogP contribution in [0, 0.1) is 6.92 Å². The fourth-order valence-corrected chi connectivity index (χ4v) is 1.83. The maximum atomic E-state index is 5.74. The van der Waals surface area contributed by atoms with E-state index in [1.165, 1.54) is 0 Å². The van der Waals surface area contributed by atoms with E-state index >= 15 is 0 Å². The standard InChI is InChI=1S/C11H18N2O2/c1-7(2)10-8(3)13-11(15-10)9-6-12-4-5-14-9/h7,9,12H,4-6H2,1-3H3. The number of ether oxygens (including phenoxy) is 1. The van der Waals surface area contributed by atoms with E-state index in [9.17, 15) is 0 Å². The van der Waals surface area contributed by atoms with Crippen LogP contribution in [-0.2, 0) is 4.74 Å². The number of hydrogen-bond donors (Lipinski definition) is 1. The first kappa shape index (κ1) is 10.6. The van der Waals surface area contributed by atoms with Crippen LogP contribution in [-0.4, -0.2) is 24.7 Å². The third-order valence-corrected chi connectivity index (χ3v) is 2.58. The normalized spacial score (nSPS) is 22.3. The predicted octanol–water partition coefficient (Wildman–Crippen LogP) is 1.77. The molecule has 0 radical (unpaired) electrons. The van der Waals surface area contributed by atoms with E-state index in [2.05, 4.69) is 24.1 Å². The molecule has 1 aliphatic rings. The Hall–Kier alpha value is -0.870. The Morgan fingerprint density at radius 1 is 1.47 bits per heavy atom. The fraction of sp³-hybridized carbons (Fsp3) is 0.727. The zero-order valence-electron chi connectivity index (χ0n) is 9.54. The number of hydrogen-bond acceptors (Lipinski definition) is 4. The number of oxazole rings is 1. The van der Waals surface area contributed by atoms with E-state index in [1.54, 1.807) is 0 Å². The lowest BCUT2D eigenvalue weighted by Gasteiger charge is -2.20.